The Morgan fingerprint density at radius 1 is 1.32 bits per heavy atom. The van der Waals surface area contributed by atoms with E-state index in [4.69, 9.17) is 0 Å². The maximum atomic E-state index is 11.9. The quantitative estimate of drug-likeness (QED) is 0.342. The molecular formula is C18H31IN4OS. The zero-order valence-corrected chi connectivity index (χ0v) is 18.7. The molecule has 2 N–H and O–H groups in total. The maximum Gasteiger partial charge on any atom is 0.222 e. The summed E-state index contributed by atoms with van der Waals surface area (Å²) in [5, 5.41) is 6.73. The molecule has 0 radical (unpaired) electrons. The first-order chi connectivity index (χ1) is 11.7. The van der Waals surface area contributed by atoms with Gasteiger partial charge >= 0.3 is 0 Å². The fraction of sp³-hybridized carbons (Fsp3) is 0.667. The summed E-state index contributed by atoms with van der Waals surface area (Å²) >= 11 is 1.85. The van der Waals surface area contributed by atoms with Gasteiger partial charge in [0.05, 0.1) is 6.54 Å². The van der Waals surface area contributed by atoms with Gasteiger partial charge in [-0.15, -0.1) is 35.3 Å². The lowest BCUT2D eigenvalue weighted by atomic mass is 10.1. The van der Waals surface area contributed by atoms with Crippen molar-refractivity contribution in [2.24, 2.45) is 4.99 Å². The van der Waals surface area contributed by atoms with E-state index in [1.54, 1.807) is 7.05 Å². The lowest BCUT2D eigenvalue weighted by Crippen LogP contribution is -2.41. The van der Waals surface area contributed by atoms with Gasteiger partial charge in [-0.3, -0.25) is 9.79 Å². The first kappa shape index (κ1) is 22.2. The molecule has 0 bridgehead atoms. The van der Waals surface area contributed by atoms with E-state index in [-0.39, 0.29) is 24.0 Å². The second-order valence-electron chi connectivity index (χ2n) is 6.12. The molecule has 2 rings (SSSR count). The summed E-state index contributed by atoms with van der Waals surface area (Å²) in [6.45, 7) is 6.88. The van der Waals surface area contributed by atoms with Crippen molar-refractivity contribution < 1.29 is 4.79 Å². The number of nitrogens with one attached hydrogen (secondary N) is 2. The largest absolute Gasteiger partial charge is 0.356 e. The van der Waals surface area contributed by atoms with Crippen molar-refractivity contribution in [1.29, 1.82) is 0 Å². The molecule has 0 saturated carbocycles. The third kappa shape index (κ3) is 6.77. The first-order valence-corrected chi connectivity index (χ1v) is 9.81. The number of guanidine groups is 1. The predicted molar refractivity (Wildman–Crippen MR) is 117 cm³/mol. The summed E-state index contributed by atoms with van der Waals surface area (Å²) in [4.78, 5) is 21.0. The van der Waals surface area contributed by atoms with Gasteiger partial charge in [0.15, 0.2) is 5.96 Å². The molecule has 1 amide bonds. The molecule has 1 saturated heterocycles. The lowest BCUT2D eigenvalue weighted by molar-refractivity contribution is -0.129. The third-order valence-corrected chi connectivity index (χ3v) is 5.74. The van der Waals surface area contributed by atoms with Gasteiger partial charge < -0.3 is 15.5 Å². The van der Waals surface area contributed by atoms with Gasteiger partial charge in [0, 0.05) is 42.4 Å². The maximum absolute atomic E-state index is 11.9. The SMILES string of the molecule is CCc1ccc(CNC(=NC)NCCC(CC)N2CCCC2=O)s1.I. The Morgan fingerprint density at radius 2 is 2.08 bits per heavy atom. The van der Waals surface area contributed by atoms with Crippen LogP contribution in [0.15, 0.2) is 17.1 Å². The number of aryl methyl sites for hydroxylation is 1. The molecule has 7 heteroatoms. The summed E-state index contributed by atoms with van der Waals surface area (Å²) in [5.74, 6) is 1.14. The molecule has 0 aliphatic carbocycles. The van der Waals surface area contributed by atoms with Crippen LogP contribution in [0, 0.1) is 0 Å². The Labute approximate surface area is 172 Å². The Kier molecular flexibility index (Phi) is 10.4. The van der Waals surface area contributed by atoms with Gasteiger partial charge in [0.25, 0.3) is 0 Å². The third-order valence-electron chi connectivity index (χ3n) is 4.51. The number of hydrogen-bond acceptors (Lipinski definition) is 3. The summed E-state index contributed by atoms with van der Waals surface area (Å²) in [6, 6.07) is 4.71. The van der Waals surface area contributed by atoms with Crippen molar-refractivity contribution in [3.63, 3.8) is 0 Å². The molecule has 1 aromatic rings. The molecule has 0 aromatic carbocycles. The standard InChI is InChI=1S/C18H30N4OS.HI/c1-4-14(22-12-6-7-17(22)23)10-11-20-18(19-3)21-13-16-9-8-15(5-2)24-16;/h8-9,14H,4-7,10-13H2,1-3H3,(H2,19,20,21);1H. The van der Waals surface area contributed by atoms with Crippen molar-refractivity contribution in [3.05, 3.63) is 21.9 Å². The highest BCUT2D eigenvalue weighted by atomic mass is 127. The van der Waals surface area contributed by atoms with E-state index in [1.807, 2.05) is 11.3 Å². The van der Waals surface area contributed by atoms with Crippen LogP contribution in [0.25, 0.3) is 0 Å². The topological polar surface area (TPSA) is 56.7 Å². The minimum absolute atomic E-state index is 0. The molecular weight excluding hydrogens is 447 g/mol. The molecule has 1 aliphatic heterocycles. The number of likely N-dealkylation sites (tertiary alicyclic amines) is 1. The smallest absolute Gasteiger partial charge is 0.222 e. The molecule has 25 heavy (non-hydrogen) atoms. The van der Waals surface area contributed by atoms with Crippen LogP contribution < -0.4 is 10.6 Å². The van der Waals surface area contributed by atoms with E-state index in [0.717, 1.165) is 51.3 Å². The average Bonchev–Trinajstić information content (AvgIpc) is 3.23. The number of carbonyl (C=O) groups is 1. The monoisotopic (exact) mass is 478 g/mol. The van der Waals surface area contributed by atoms with Crippen molar-refractivity contribution in [3.8, 4) is 0 Å². The molecule has 1 aromatic heterocycles. The van der Waals surface area contributed by atoms with E-state index < -0.39 is 0 Å². The van der Waals surface area contributed by atoms with E-state index in [9.17, 15) is 4.79 Å². The second-order valence-corrected chi connectivity index (χ2v) is 7.37. The molecule has 1 aliphatic rings. The van der Waals surface area contributed by atoms with Crippen molar-refractivity contribution in [2.45, 2.75) is 58.5 Å². The summed E-state index contributed by atoms with van der Waals surface area (Å²) in [6.07, 6.45) is 4.78. The van der Waals surface area contributed by atoms with Gasteiger partial charge in [0.2, 0.25) is 5.91 Å². The number of thiophene rings is 1. The van der Waals surface area contributed by atoms with Crippen molar-refractivity contribution in [2.75, 3.05) is 20.1 Å². The normalized spacial score (nSPS) is 15.9. The Balaban J connectivity index is 0.00000312. The number of nitrogens with zero attached hydrogens (tertiary/aromatic N) is 2. The number of halogens is 1. The zero-order chi connectivity index (χ0) is 17.4. The molecule has 142 valence electrons. The van der Waals surface area contributed by atoms with E-state index in [2.05, 4.69) is 46.5 Å². The number of rotatable bonds is 8. The van der Waals surface area contributed by atoms with Crippen molar-refractivity contribution in [1.82, 2.24) is 15.5 Å². The molecule has 5 nitrogen and oxygen atoms in total. The predicted octanol–water partition coefficient (Wildman–Crippen LogP) is 3.38. The van der Waals surface area contributed by atoms with E-state index in [1.165, 1.54) is 9.75 Å². The van der Waals surface area contributed by atoms with Gasteiger partial charge in [-0.25, -0.2) is 0 Å². The molecule has 1 unspecified atom stereocenters. The number of hydrogen-bond donors (Lipinski definition) is 2. The molecule has 1 fully saturated rings. The van der Waals surface area contributed by atoms with Gasteiger partial charge in [-0.1, -0.05) is 13.8 Å². The van der Waals surface area contributed by atoms with E-state index in [0.29, 0.717) is 18.4 Å². The van der Waals surface area contributed by atoms with E-state index >= 15 is 0 Å². The van der Waals surface area contributed by atoms with Crippen LogP contribution in [0.2, 0.25) is 0 Å². The van der Waals surface area contributed by atoms with Crippen LogP contribution in [0.3, 0.4) is 0 Å². The average molecular weight is 478 g/mol. The number of amides is 1. The molecule has 0 spiro atoms. The highest BCUT2D eigenvalue weighted by Gasteiger charge is 2.26. The molecule has 1 atom stereocenters. The van der Waals surface area contributed by atoms with Crippen LogP contribution in [0.5, 0.6) is 0 Å². The summed E-state index contributed by atoms with van der Waals surface area (Å²) in [7, 11) is 1.79. The first-order valence-electron chi connectivity index (χ1n) is 8.99. The van der Waals surface area contributed by atoms with Crippen LogP contribution in [0.4, 0.5) is 0 Å². The highest BCUT2D eigenvalue weighted by Crippen LogP contribution is 2.18. The Bertz CT molecular complexity index is 561. The highest BCUT2D eigenvalue weighted by molar-refractivity contribution is 14.0. The zero-order valence-electron chi connectivity index (χ0n) is 15.5. The van der Waals surface area contributed by atoms with Crippen LogP contribution in [-0.4, -0.2) is 42.9 Å². The summed E-state index contributed by atoms with van der Waals surface area (Å²) < 4.78 is 0. The van der Waals surface area contributed by atoms with Gasteiger partial charge in [-0.2, -0.15) is 0 Å². The van der Waals surface area contributed by atoms with Crippen LogP contribution >= 0.6 is 35.3 Å². The minimum Gasteiger partial charge on any atom is -0.356 e. The minimum atomic E-state index is 0. The van der Waals surface area contributed by atoms with Crippen LogP contribution in [-0.2, 0) is 17.8 Å². The fourth-order valence-electron chi connectivity index (χ4n) is 3.09. The second kappa shape index (κ2) is 11.7. The Hall–Kier alpha value is -0.830. The molecule has 2 heterocycles. The number of aliphatic imine (C=N–C) groups is 1. The van der Waals surface area contributed by atoms with Gasteiger partial charge in [0.1, 0.15) is 0 Å². The summed E-state index contributed by atoms with van der Waals surface area (Å²) in [5.41, 5.74) is 0. The Morgan fingerprint density at radius 3 is 2.64 bits per heavy atom. The lowest BCUT2D eigenvalue weighted by Gasteiger charge is -2.27. The fourth-order valence-corrected chi connectivity index (χ4v) is 3.99. The number of carbonyl (C=O) groups excluding carboxylic acids is 1. The van der Waals surface area contributed by atoms with Crippen molar-refractivity contribution >= 4 is 47.2 Å². The van der Waals surface area contributed by atoms with Crippen LogP contribution in [0.1, 0.15) is 49.3 Å². The van der Waals surface area contributed by atoms with Gasteiger partial charge in [-0.05, 0) is 37.8 Å².